The molecular weight excluding hydrogens is 202 g/mol. The fourth-order valence-corrected chi connectivity index (χ4v) is 1.06. The third-order valence-corrected chi connectivity index (χ3v) is 2.42. The Morgan fingerprint density at radius 2 is 2.06 bits per heavy atom. The number of nitriles is 1. The normalized spacial score (nSPS) is 10.7. The van der Waals surface area contributed by atoms with E-state index in [1.165, 1.54) is 6.20 Å². The number of carbonyl (C=O) groups excluding carboxylic acids is 1. The minimum atomic E-state index is -0.243. The summed E-state index contributed by atoms with van der Waals surface area (Å²) in [7, 11) is 1.74. The lowest BCUT2D eigenvalue weighted by molar-refractivity contribution is 0.0649. The predicted molar refractivity (Wildman–Crippen MR) is 60.8 cm³/mol. The smallest absolute Gasteiger partial charge is 0.272 e. The summed E-state index contributed by atoms with van der Waals surface area (Å²) in [5, 5.41) is 8.62. The first-order chi connectivity index (χ1) is 7.36. The largest absolute Gasteiger partial charge is 0.336 e. The van der Waals surface area contributed by atoms with Gasteiger partial charge in [0.05, 0.1) is 5.56 Å². The minimum absolute atomic E-state index is 0.142. The van der Waals surface area contributed by atoms with Gasteiger partial charge in [0.2, 0.25) is 0 Å². The average Bonchev–Trinajstić information content (AvgIpc) is 2.26. The van der Waals surface area contributed by atoms with Gasteiger partial charge in [-0.2, -0.15) is 5.26 Å². The third kappa shape index (κ3) is 2.57. The lowest BCUT2D eigenvalue weighted by Crippen LogP contribution is -2.42. The number of rotatable bonds is 1. The molecule has 0 aliphatic carbocycles. The van der Waals surface area contributed by atoms with E-state index in [0.29, 0.717) is 11.3 Å². The molecule has 1 aromatic heterocycles. The van der Waals surface area contributed by atoms with Crippen LogP contribution in [0, 0.1) is 11.3 Å². The number of aromatic nitrogens is 1. The van der Waals surface area contributed by atoms with E-state index in [9.17, 15) is 4.79 Å². The van der Waals surface area contributed by atoms with Crippen LogP contribution in [-0.2, 0) is 0 Å². The summed E-state index contributed by atoms with van der Waals surface area (Å²) in [6, 6.07) is 5.13. The van der Waals surface area contributed by atoms with E-state index in [2.05, 4.69) is 4.98 Å². The first kappa shape index (κ1) is 12.2. The first-order valence-corrected chi connectivity index (χ1v) is 5.00. The summed E-state index contributed by atoms with van der Waals surface area (Å²) in [5.74, 6) is -0.142. The van der Waals surface area contributed by atoms with Crippen molar-refractivity contribution in [3.05, 3.63) is 29.6 Å². The van der Waals surface area contributed by atoms with Gasteiger partial charge in [0, 0.05) is 18.8 Å². The monoisotopic (exact) mass is 217 g/mol. The molecule has 0 atom stereocenters. The number of amides is 1. The van der Waals surface area contributed by atoms with E-state index in [4.69, 9.17) is 5.26 Å². The molecule has 0 aliphatic rings. The highest BCUT2D eigenvalue weighted by Crippen LogP contribution is 2.13. The third-order valence-electron chi connectivity index (χ3n) is 2.42. The van der Waals surface area contributed by atoms with Gasteiger partial charge in [0.25, 0.3) is 5.91 Å². The van der Waals surface area contributed by atoms with E-state index in [1.54, 1.807) is 24.1 Å². The maximum atomic E-state index is 12.0. The quantitative estimate of drug-likeness (QED) is 0.721. The number of hydrogen-bond donors (Lipinski definition) is 0. The maximum absolute atomic E-state index is 12.0. The van der Waals surface area contributed by atoms with Crippen molar-refractivity contribution in [3.8, 4) is 6.07 Å². The Balaban J connectivity index is 2.94. The van der Waals surface area contributed by atoms with Gasteiger partial charge in [0.15, 0.2) is 0 Å². The van der Waals surface area contributed by atoms with Crippen LogP contribution in [-0.4, -0.2) is 28.4 Å². The van der Waals surface area contributed by atoms with Crippen LogP contribution < -0.4 is 0 Å². The topological polar surface area (TPSA) is 57.0 Å². The molecule has 0 unspecified atom stereocenters. The molecule has 0 aromatic carbocycles. The molecule has 16 heavy (non-hydrogen) atoms. The van der Waals surface area contributed by atoms with Gasteiger partial charge >= 0.3 is 0 Å². The lowest BCUT2D eigenvalue weighted by atomic mass is 10.1. The van der Waals surface area contributed by atoms with Crippen molar-refractivity contribution in [2.75, 3.05) is 7.05 Å². The zero-order valence-electron chi connectivity index (χ0n) is 9.98. The van der Waals surface area contributed by atoms with Crippen molar-refractivity contribution in [1.29, 1.82) is 5.26 Å². The Morgan fingerprint density at radius 1 is 1.44 bits per heavy atom. The molecule has 0 fully saturated rings. The molecule has 0 bridgehead atoms. The van der Waals surface area contributed by atoms with Gasteiger partial charge in [0.1, 0.15) is 11.8 Å². The summed E-state index contributed by atoms with van der Waals surface area (Å²) >= 11 is 0. The SMILES string of the molecule is CN(C(=O)c1ccc(C#N)cn1)C(C)(C)C. The van der Waals surface area contributed by atoms with Gasteiger partial charge in [-0.05, 0) is 32.9 Å². The molecule has 0 radical (unpaired) electrons. The van der Waals surface area contributed by atoms with Crippen LogP contribution in [0.4, 0.5) is 0 Å². The van der Waals surface area contributed by atoms with Gasteiger partial charge in [-0.1, -0.05) is 0 Å². The molecule has 1 amide bonds. The van der Waals surface area contributed by atoms with Crippen LogP contribution in [0.5, 0.6) is 0 Å². The van der Waals surface area contributed by atoms with Crippen LogP contribution in [0.2, 0.25) is 0 Å². The molecule has 84 valence electrons. The van der Waals surface area contributed by atoms with E-state index in [1.807, 2.05) is 26.8 Å². The molecular formula is C12H15N3O. The molecule has 0 N–H and O–H groups in total. The summed E-state index contributed by atoms with van der Waals surface area (Å²) in [5.41, 5.74) is 0.568. The molecule has 4 heteroatoms. The van der Waals surface area contributed by atoms with E-state index in [0.717, 1.165) is 0 Å². The lowest BCUT2D eigenvalue weighted by Gasteiger charge is -2.31. The van der Waals surface area contributed by atoms with Crippen molar-refractivity contribution >= 4 is 5.91 Å². The van der Waals surface area contributed by atoms with Crippen molar-refractivity contribution in [3.63, 3.8) is 0 Å². The highest BCUT2D eigenvalue weighted by atomic mass is 16.2. The summed E-state index contributed by atoms with van der Waals surface area (Å²) < 4.78 is 0. The molecule has 4 nitrogen and oxygen atoms in total. The number of carbonyl (C=O) groups is 1. The average molecular weight is 217 g/mol. The molecule has 0 aliphatic heterocycles. The number of pyridine rings is 1. The minimum Gasteiger partial charge on any atom is -0.336 e. The standard InChI is InChI=1S/C12H15N3O/c1-12(2,3)15(4)11(16)10-6-5-9(7-13)8-14-10/h5-6,8H,1-4H3. The van der Waals surface area contributed by atoms with Gasteiger partial charge in [-0.15, -0.1) is 0 Å². The van der Waals surface area contributed by atoms with E-state index in [-0.39, 0.29) is 11.4 Å². The second-order valence-corrected chi connectivity index (χ2v) is 4.58. The zero-order valence-corrected chi connectivity index (χ0v) is 9.98. The Morgan fingerprint density at radius 3 is 2.44 bits per heavy atom. The number of nitrogens with zero attached hydrogens (tertiary/aromatic N) is 3. The highest BCUT2D eigenvalue weighted by molar-refractivity contribution is 5.92. The van der Waals surface area contributed by atoms with E-state index >= 15 is 0 Å². The fraction of sp³-hybridized carbons (Fsp3) is 0.417. The molecule has 0 spiro atoms. The van der Waals surface area contributed by atoms with E-state index < -0.39 is 0 Å². The maximum Gasteiger partial charge on any atom is 0.272 e. The van der Waals surface area contributed by atoms with Crippen molar-refractivity contribution < 1.29 is 4.79 Å². The number of hydrogen-bond acceptors (Lipinski definition) is 3. The Labute approximate surface area is 95.5 Å². The first-order valence-electron chi connectivity index (χ1n) is 5.00. The Kier molecular flexibility index (Phi) is 3.28. The molecule has 0 saturated heterocycles. The summed E-state index contributed by atoms with van der Waals surface area (Å²) in [4.78, 5) is 17.6. The van der Waals surface area contributed by atoms with Crippen LogP contribution in [0.15, 0.2) is 18.3 Å². The molecule has 1 rings (SSSR count). The van der Waals surface area contributed by atoms with Crippen LogP contribution in [0.3, 0.4) is 0 Å². The van der Waals surface area contributed by atoms with Gasteiger partial charge < -0.3 is 4.90 Å². The van der Waals surface area contributed by atoms with Crippen molar-refractivity contribution in [1.82, 2.24) is 9.88 Å². The Hall–Kier alpha value is -1.89. The molecule has 1 heterocycles. The summed E-state index contributed by atoms with van der Waals surface area (Å²) in [6.45, 7) is 5.86. The molecule has 1 aromatic rings. The Bertz CT molecular complexity index is 423. The van der Waals surface area contributed by atoms with Crippen molar-refractivity contribution in [2.45, 2.75) is 26.3 Å². The highest BCUT2D eigenvalue weighted by Gasteiger charge is 2.23. The predicted octanol–water partition coefficient (Wildman–Crippen LogP) is 1.82. The van der Waals surface area contributed by atoms with Crippen LogP contribution >= 0.6 is 0 Å². The second kappa shape index (κ2) is 4.31. The van der Waals surface area contributed by atoms with Gasteiger partial charge in [-0.25, -0.2) is 4.98 Å². The van der Waals surface area contributed by atoms with Crippen molar-refractivity contribution in [2.24, 2.45) is 0 Å². The fourth-order valence-electron chi connectivity index (χ4n) is 1.06. The second-order valence-electron chi connectivity index (χ2n) is 4.58. The van der Waals surface area contributed by atoms with Crippen LogP contribution in [0.25, 0.3) is 0 Å². The van der Waals surface area contributed by atoms with Crippen LogP contribution in [0.1, 0.15) is 36.8 Å². The molecule has 0 saturated carbocycles. The van der Waals surface area contributed by atoms with Gasteiger partial charge in [-0.3, -0.25) is 4.79 Å². The summed E-state index contributed by atoms with van der Waals surface area (Å²) in [6.07, 6.45) is 1.41. The zero-order chi connectivity index (χ0) is 12.3.